The zero-order chi connectivity index (χ0) is 21.0. The van der Waals surface area contributed by atoms with Gasteiger partial charge in [-0.3, -0.25) is 9.79 Å². The summed E-state index contributed by atoms with van der Waals surface area (Å²) in [5, 5.41) is 3.04. The Hall–Kier alpha value is -1.97. The number of thiophene rings is 1. The van der Waals surface area contributed by atoms with Crippen LogP contribution in [0.1, 0.15) is 46.4 Å². The van der Waals surface area contributed by atoms with Gasteiger partial charge in [-0.15, -0.1) is 11.3 Å². The van der Waals surface area contributed by atoms with E-state index in [0.29, 0.717) is 33.4 Å². The molecule has 1 amide bonds. The molecule has 1 spiro atoms. The van der Waals surface area contributed by atoms with Crippen molar-refractivity contribution >= 4 is 50.3 Å². The molecule has 3 heterocycles. The summed E-state index contributed by atoms with van der Waals surface area (Å²) >= 11 is 7.54. The van der Waals surface area contributed by atoms with Crippen LogP contribution in [0, 0.1) is 6.92 Å². The summed E-state index contributed by atoms with van der Waals surface area (Å²) in [7, 11) is -3.49. The second kappa shape index (κ2) is 6.78. The Morgan fingerprint density at radius 2 is 2.07 bits per heavy atom. The molecule has 29 heavy (non-hydrogen) atoms. The lowest BCUT2D eigenvalue weighted by atomic mass is 9.82. The Labute approximate surface area is 178 Å². The molecule has 1 atom stereocenters. The van der Waals surface area contributed by atoms with E-state index in [2.05, 4.69) is 15.3 Å². The lowest BCUT2D eigenvalue weighted by Crippen LogP contribution is -2.61. The number of nitrogens with two attached hydrogens (primary N) is 1. The second-order valence-corrected chi connectivity index (χ2v) is 11.5. The molecule has 4 rings (SSSR count). The van der Waals surface area contributed by atoms with E-state index in [1.54, 1.807) is 19.1 Å². The number of nitrogens with zero attached hydrogens (tertiary/aromatic N) is 2. The third-order valence-electron chi connectivity index (χ3n) is 5.59. The number of aliphatic imine (C=N–C) groups is 1. The third-order valence-corrected chi connectivity index (χ3v) is 10.1. The molecule has 3 N–H and O–H groups in total. The number of halogens is 1. The van der Waals surface area contributed by atoms with E-state index in [-0.39, 0.29) is 17.5 Å². The van der Waals surface area contributed by atoms with Gasteiger partial charge in [0.2, 0.25) is 0 Å². The van der Waals surface area contributed by atoms with Gasteiger partial charge in [0.15, 0.2) is 9.84 Å². The number of nitrogens with one attached hydrogen (secondary N) is 1. The summed E-state index contributed by atoms with van der Waals surface area (Å²) in [6, 6.07) is 6.85. The van der Waals surface area contributed by atoms with E-state index in [1.807, 2.05) is 13.0 Å². The quantitative estimate of drug-likeness (QED) is 0.741. The monoisotopic (exact) mass is 452 g/mol. The number of sulfone groups is 1. The number of carbonyl (C=O) groups excluding carboxylic acids is 1. The van der Waals surface area contributed by atoms with Crippen molar-refractivity contribution in [1.82, 2.24) is 4.98 Å². The van der Waals surface area contributed by atoms with Gasteiger partial charge in [0.1, 0.15) is 21.9 Å². The van der Waals surface area contributed by atoms with Crippen LogP contribution in [0.2, 0.25) is 5.02 Å². The smallest absolute Gasteiger partial charge is 0.266 e. The molecule has 2 aromatic heterocycles. The minimum Gasteiger partial charge on any atom is -0.386 e. The van der Waals surface area contributed by atoms with Crippen molar-refractivity contribution in [2.75, 3.05) is 11.1 Å². The number of hydrogen-bond donors (Lipinski definition) is 2. The lowest BCUT2D eigenvalue weighted by Gasteiger charge is -2.46. The molecule has 2 aromatic rings. The van der Waals surface area contributed by atoms with Gasteiger partial charge in [-0.05, 0) is 51.3 Å². The predicted molar refractivity (Wildman–Crippen MR) is 116 cm³/mol. The Morgan fingerprint density at radius 1 is 1.34 bits per heavy atom. The molecule has 154 valence electrons. The van der Waals surface area contributed by atoms with Gasteiger partial charge in [-0.2, -0.15) is 0 Å². The van der Waals surface area contributed by atoms with E-state index < -0.39 is 20.1 Å². The molecule has 1 fully saturated rings. The summed E-state index contributed by atoms with van der Waals surface area (Å²) in [6.07, 6.45) is 1.84. The molecule has 1 aliphatic heterocycles. The van der Waals surface area contributed by atoms with Crippen molar-refractivity contribution < 1.29 is 13.2 Å². The van der Waals surface area contributed by atoms with Crippen molar-refractivity contribution in [3.63, 3.8) is 0 Å². The van der Waals surface area contributed by atoms with E-state index in [4.69, 9.17) is 17.3 Å². The number of pyridine rings is 1. The molecule has 7 nitrogen and oxygen atoms in total. The zero-order valence-electron chi connectivity index (χ0n) is 16.0. The van der Waals surface area contributed by atoms with Crippen LogP contribution < -0.4 is 11.1 Å². The van der Waals surface area contributed by atoms with Crippen LogP contribution in [-0.2, 0) is 15.4 Å². The molecule has 1 unspecified atom stereocenters. The third kappa shape index (κ3) is 3.25. The van der Waals surface area contributed by atoms with Crippen LogP contribution >= 0.6 is 22.9 Å². The number of aromatic nitrogens is 1. The summed E-state index contributed by atoms with van der Waals surface area (Å²) in [6.45, 7) is 3.53. The van der Waals surface area contributed by atoms with Crippen molar-refractivity contribution in [1.29, 1.82) is 0 Å². The van der Waals surface area contributed by atoms with Gasteiger partial charge in [-0.25, -0.2) is 13.4 Å². The molecule has 0 saturated heterocycles. The fraction of sp³-hybridized carbons (Fsp3) is 0.421. The highest BCUT2D eigenvalue weighted by atomic mass is 35.5. The van der Waals surface area contributed by atoms with Crippen molar-refractivity contribution in [3.05, 3.63) is 44.7 Å². The number of hydrogen-bond acceptors (Lipinski definition) is 7. The molecule has 10 heteroatoms. The number of anilines is 1. The number of amides is 1. The summed E-state index contributed by atoms with van der Waals surface area (Å²) in [5.41, 5.74) is 5.80. The fourth-order valence-electron chi connectivity index (χ4n) is 3.89. The zero-order valence-corrected chi connectivity index (χ0v) is 18.4. The van der Waals surface area contributed by atoms with Crippen molar-refractivity contribution in [2.24, 2.45) is 10.7 Å². The highest BCUT2D eigenvalue weighted by molar-refractivity contribution is 7.93. The topological polar surface area (TPSA) is 115 Å². The van der Waals surface area contributed by atoms with Gasteiger partial charge < -0.3 is 11.1 Å². The van der Waals surface area contributed by atoms with E-state index in [1.165, 1.54) is 6.07 Å². The molecule has 2 aliphatic rings. The van der Waals surface area contributed by atoms with Crippen LogP contribution in [-0.4, -0.2) is 35.6 Å². The number of aryl methyl sites for hydroxylation is 1. The van der Waals surface area contributed by atoms with Gasteiger partial charge in [0.05, 0.1) is 20.5 Å². The highest BCUT2D eigenvalue weighted by Crippen LogP contribution is 2.49. The minimum absolute atomic E-state index is 0.150. The molecular formula is C19H21ClN4O3S2. The van der Waals surface area contributed by atoms with Crippen LogP contribution in [0.4, 0.5) is 5.82 Å². The van der Waals surface area contributed by atoms with Crippen LogP contribution in [0.3, 0.4) is 0 Å². The van der Waals surface area contributed by atoms with Gasteiger partial charge in [0.25, 0.3) is 5.91 Å². The Bertz CT molecular complexity index is 1140. The highest BCUT2D eigenvalue weighted by Gasteiger charge is 2.58. The first kappa shape index (κ1) is 20.3. The Kier molecular flexibility index (Phi) is 4.75. The van der Waals surface area contributed by atoms with Gasteiger partial charge in [-0.1, -0.05) is 17.7 Å². The average Bonchev–Trinajstić information content (AvgIpc) is 2.94. The first-order valence-electron chi connectivity index (χ1n) is 9.19. The van der Waals surface area contributed by atoms with E-state index in [0.717, 1.165) is 23.5 Å². The van der Waals surface area contributed by atoms with Crippen LogP contribution in [0.5, 0.6) is 0 Å². The largest absolute Gasteiger partial charge is 0.386 e. The molecule has 1 aliphatic carbocycles. The maximum Gasteiger partial charge on any atom is 0.266 e. The number of carbonyl (C=O) groups is 1. The minimum atomic E-state index is -3.49. The molecule has 0 aromatic carbocycles. The Balaban J connectivity index is 1.67. The van der Waals surface area contributed by atoms with Gasteiger partial charge >= 0.3 is 0 Å². The molecule has 0 radical (unpaired) electrons. The first-order valence-corrected chi connectivity index (χ1v) is 12.0. The Morgan fingerprint density at radius 3 is 2.66 bits per heavy atom. The number of amidine groups is 1. The summed E-state index contributed by atoms with van der Waals surface area (Å²) in [4.78, 5) is 22.4. The summed E-state index contributed by atoms with van der Waals surface area (Å²) in [5.74, 6) is 0.0381. The second-order valence-electron chi connectivity index (χ2n) is 7.78. The maximum absolute atomic E-state index is 13.0. The standard InChI is InChI=1S/C19H21ClN4O3S2/c1-11-5-3-6-14(22-11)23-16(25)13-9-12(20)15(28-13)18(2)10-29(26,27)19(7-4-8-19)17(21)24-18/h3,5-6,9H,4,7-8,10H2,1-2H3,(H2,21,24)(H,22,23,25). The van der Waals surface area contributed by atoms with Gasteiger partial charge in [0, 0.05) is 5.69 Å². The lowest BCUT2D eigenvalue weighted by molar-refractivity contribution is 0.103. The van der Waals surface area contributed by atoms with E-state index >= 15 is 0 Å². The van der Waals surface area contributed by atoms with E-state index in [9.17, 15) is 13.2 Å². The average molecular weight is 453 g/mol. The van der Waals surface area contributed by atoms with Crippen molar-refractivity contribution in [2.45, 2.75) is 43.4 Å². The van der Waals surface area contributed by atoms with Crippen LogP contribution in [0.15, 0.2) is 29.3 Å². The molecular weight excluding hydrogens is 432 g/mol. The maximum atomic E-state index is 13.0. The summed E-state index contributed by atoms with van der Waals surface area (Å²) < 4.78 is 25.0. The predicted octanol–water partition coefficient (Wildman–Crippen LogP) is 3.28. The first-order chi connectivity index (χ1) is 13.6. The number of rotatable bonds is 3. The fourth-order valence-corrected chi connectivity index (χ4v) is 8.01. The normalized spacial score (nSPS) is 24.6. The van der Waals surface area contributed by atoms with Crippen molar-refractivity contribution in [3.8, 4) is 0 Å². The molecule has 0 bridgehead atoms. The van der Waals surface area contributed by atoms with Crippen LogP contribution in [0.25, 0.3) is 0 Å². The molecule has 1 saturated carbocycles. The SMILES string of the molecule is Cc1cccc(NC(=O)c2cc(Cl)c(C3(C)CS(=O)(=O)C4(CCC4)C(N)=N3)s2)n1.